The lowest BCUT2D eigenvalue weighted by molar-refractivity contribution is -0.142. The molecule has 2 atom stereocenters. The van der Waals surface area contributed by atoms with Gasteiger partial charge in [0, 0.05) is 17.8 Å². The van der Waals surface area contributed by atoms with Gasteiger partial charge in [0.25, 0.3) is 0 Å². The molecule has 25 heavy (non-hydrogen) atoms. The van der Waals surface area contributed by atoms with Gasteiger partial charge < -0.3 is 9.26 Å². The molecule has 7 heteroatoms. The van der Waals surface area contributed by atoms with Crippen LogP contribution in [0.15, 0.2) is 35.0 Å². The summed E-state index contributed by atoms with van der Waals surface area (Å²) in [6.07, 6.45) is 3.07. The molecule has 126 valence electrons. The number of nitrogens with zero attached hydrogens (tertiary/aromatic N) is 4. The van der Waals surface area contributed by atoms with Crippen LogP contribution in [0.5, 0.6) is 0 Å². The molecule has 3 aromatic rings. The number of hydrogen-bond donors (Lipinski definition) is 0. The fourth-order valence-corrected chi connectivity index (χ4v) is 3.77. The predicted octanol–water partition coefficient (Wildman–Crippen LogP) is 2.39. The van der Waals surface area contributed by atoms with E-state index < -0.39 is 0 Å². The highest BCUT2D eigenvalue weighted by Crippen LogP contribution is 2.39. The molecule has 0 amide bonds. The van der Waals surface area contributed by atoms with Gasteiger partial charge in [0.15, 0.2) is 0 Å². The summed E-state index contributed by atoms with van der Waals surface area (Å²) >= 11 is 0. The average molecular weight is 336 g/mol. The quantitative estimate of drug-likeness (QED) is 0.709. The smallest absolute Gasteiger partial charge is 0.230 e. The number of ketones is 1. The van der Waals surface area contributed by atoms with Crippen molar-refractivity contribution in [3.8, 4) is 11.5 Å². The molecule has 2 unspecified atom stereocenters. The molecule has 2 fully saturated rings. The number of rotatable bonds is 2. The second kappa shape index (κ2) is 5.70. The lowest BCUT2D eigenvalue weighted by atomic mass is 9.73. The zero-order chi connectivity index (χ0) is 16.8. The number of fused-ring (bicyclic) bond motifs is 3. The standard InChI is InChI=1S/C18H16N4O3/c23-16-11-5-10(6-12(16)9-24-8-11)18-21-17(22-25-18)15-7-19-13-3-1-2-4-14(13)20-15/h1-4,7,10-12H,5-6,8-9H2. The minimum atomic E-state index is -0.0479. The van der Waals surface area contributed by atoms with Crippen LogP contribution in [0.1, 0.15) is 24.7 Å². The maximum absolute atomic E-state index is 12.2. The van der Waals surface area contributed by atoms with Crippen molar-refractivity contribution in [2.75, 3.05) is 13.2 Å². The van der Waals surface area contributed by atoms with Gasteiger partial charge in [-0.3, -0.25) is 9.78 Å². The molecule has 0 spiro atoms. The fraction of sp³-hybridized carbons (Fsp3) is 0.389. The molecule has 0 radical (unpaired) electrons. The highest BCUT2D eigenvalue weighted by molar-refractivity contribution is 5.85. The fourth-order valence-electron chi connectivity index (χ4n) is 3.77. The normalized spacial score (nSPS) is 26.1. The number of Topliss-reactive ketones (excluding diaryl/α,β-unsaturated/α-hetero) is 1. The largest absolute Gasteiger partial charge is 0.380 e. The van der Waals surface area contributed by atoms with E-state index in [1.807, 2.05) is 24.3 Å². The molecule has 2 aliphatic rings. The molecule has 7 nitrogen and oxygen atoms in total. The van der Waals surface area contributed by atoms with Crippen LogP contribution in [0.2, 0.25) is 0 Å². The minimum absolute atomic E-state index is 0.0479. The summed E-state index contributed by atoms with van der Waals surface area (Å²) in [5.74, 6) is 1.34. The Morgan fingerprint density at radius 2 is 1.72 bits per heavy atom. The van der Waals surface area contributed by atoms with E-state index in [1.165, 1.54) is 0 Å². The van der Waals surface area contributed by atoms with Crippen LogP contribution in [-0.2, 0) is 9.53 Å². The van der Waals surface area contributed by atoms with E-state index in [2.05, 4.69) is 20.1 Å². The molecule has 1 aliphatic heterocycles. The Bertz CT molecular complexity index is 938. The van der Waals surface area contributed by atoms with Crippen LogP contribution in [0.3, 0.4) is 0 Å². The van der Waals surface area contributed by atoms with Crippen molar-refractivity contribution in [3.63, 3.8) is 0 Å². The molecule has 1 saturated carbocycles. The van der Waals surface area contributed by atoms with Gasteiger partial charge in [0.1, 0.15) is 11.5 Å². The SMILES string of the molecule is O=C1C2COCC1CC(c1nc(-c3cnc4ccccc4n3)no1)C2. The molecule has 5 rings (SSSR count). The van der Waals surface area contributed by atoms with Crippen molar-refractivity contribution in [2.24, 2.45) is 11.8 Å². The molecule has 3 heterocycles. The van der Waals surface area contributed by atoms with Crippen molar-refractivity contribution in [3.05, 3.63) is 36.4 Å². The highest BCUT2D eigenvalue weighted by atomic mass is 16.5. The van der Waals surface area contributed by atoms with E-state index in [0.717, 1.165) is 11.0 Å². The van der Waals surface area contributed by atoms with Crippen molar-refractivity contribution in [2.45, 2.75) is 18.8 Å². The predicted molar refractivity (Wildman–Crippen MR) is 87.6 cm³/mol. The van der Waals surface area contributed by atoms with E-state index in [0.29, 0.717) is 49.2 Å². The number of para-hydroxylation sites is 2. The minimum Gasteiger partial charge on any atom is -0.380 e. The first kappa shape index (κ1) is 14.7. The second-order valence-electron chi connectivity index (χ2n) is 6.70. The Balaban J connectivity index is 1.44. The average Bonchev–Trinajstić information content (AvgIpc) is 3.11. The Kier molecular flexibility index (Phi) is 3.34. The number of carbonyl (C=O) groups is 1. The van der Waals surface area contributed by atoms with E-state index in [-0.39, 0.29) is 17.8 Å². The summed E-state index contributed by atoms with van der Waals surface area (Å²) < 4.78 is 11.0. The van der Waals surface area contributed by atoms with Crippen molar-refractivity contribution in [1.82, 2.24) is 20.1 Å². The Morgan fingerprint density at radius 3 is 2.52 bits per heavy atom. The summed E-state index contributed by atoms with van der Waals surface area (Å²) in [6, 6.07) is 7.66. The third kappa shape index (κ3) is 2.51. The summed E-state index contributed by atoms with van der Waals surface area (Å²) in [6.45, 7) is 1.01. The Morgan fingerprint density at radius 1 is 0.960 bits per heavy atom. The maximum Gasteiger partial charge on any atom is 0.230 e. The summed E-state index contributed by atoms with van der Waals surface area (Å²) in [4.78, 5) is 25.6. The first-order valence-electron chi connectivity index (χ1n) is 8.45. The molecule has 2 aromatic heterocycles. The van der Waals surface area contributed by atoms with E-state index in [9.17, 15) is 4.79 Å². The van der Waals surface area contributed by atoms with Crippen molar-refractivity contribution >= 4 is 16.8 Å². The monoisotopic (exact) mass is 336 g/mol. The molecule has 2 bridgehead atoms. The van der Waals surface area contributed by atoms with Crippen molar-refractivity contribution < 1.29 is 14.1 Å². The van der Waals surface area contributed by atoms with Gasteiger partial charge in [0.05, 0.1) is 30.4 Å². The Labute approximate surface area is 143 Å². The Hall–Kier alpha value is -2.67. The van der Waals surface area contributed by atoms with Gasteiger partial charge in [-0.05, 0) is 25.0 Å². The van der Waals surface area contributed by atoms with E-state index in [1.54, 1.807) is 6.20 Å². The molecule has 1 aromatic carbocycles. The first-order chi connectivity index (χ1) is 12.3. The topological polar surface area (TPSA) is 91.0 Å². The summed E-state index contributed by atoms with van der Waals surface area (Å²) in [5, 5.41) is 4.08. The van der Waals surface area contributed by atoms with Crippen LogP contribution in [0.4, 0.5) is 0 Å². The zero-order valence-electron chi connectivity index (χ0n) is 13.5. The van der Waals surface area contributed by atoms with E-state index in [4.69, 9.17) is 9.26 Å². The summed E-state index contributed by atoms with van der Waals surface area (Å²) in [5.41, 5.74) is 2.21. The first-order valence-corrected chi connectivity index (χ1v) is 8.45. The lowest BCUT2D eigenvalue weighted by Crippen LogP contribution is -2.41. The molecule has 1 saturated heterocycles. The van der Waals surface area contributed by atoms with Crippen LogP contribution in [-0.4, -0.2) is 39.1 Å². The van der Waals surface area contributed by atoms with Gasteiger partial charge >= 0.3 is 0 Å². The molecular formula is C18H16N4O3. The maximum atomic E-state index is 12.2. The molecule has 1 aliphatic carbocycles. The van der Waals surface area contributed by atoms with Gasteiger partial charge in [-0.1, -0.05) is 17.3 Å². The lowest BCUT2D eigenvalue weighted by Gasteiger charge is -2.35. The molecular weight excluding hydrogens is 320 g/mol. The van der Waals surface area contributed by atoms with Crippen LogP contribution < -0.4 is 0 Å². The third-order valence-electron chi connectivity index (χ3n) is 5.05. The number of hydrogen-bond acceptors (Lipinski definition) is 7. The van der Waals surface area contributed by atoms with Gasteiger partial charge in [-0.15, -0.1) is 0 Å². The zero-order valence-corrected chi connectivity index (χ0v) is 13.5. The third-order valence-corrected chi connectivity index (χ3v) is 5.05. The van der Waals surface area contributed by atoms with E-state index >= 15 is 0 Å². The number of ether oxygens (including phenoxy) is 1. The van der Waals surface area contributed by atoms with Gasteiger partial charge in [0.2, 0.25) is 11.7 Å². The van der Waals surface area contributed by atoms with Crippen LogP contribution in [0, 0.1) is 11.8 Å². The second-order valence-corrected chi connectivity index (χ2v) is 6.70. The number of aromatic nitrogens is 4. The number of benzene rings is 1. The van der Waals surface area contributed by atoms with Crippen molar-refractivity contribution in [1.29, 1.82) is 0 Å². The van der Waals surface area contributed by atoms with Crippen LogP contribution in [0.25, 0.3) is 22.6 Å². The highest BCUT2D eigenvalue weighted by Gasteiger charge is 2.42. The number of carbonyl (C=O) groups excluding carboxylic acids is 1. The van der Waals surface area contributed by atoms with Gasteiger partial charge in [-0.25, -0.2) is 4.98 Å². The van der Waals surface area contributed by atoms with Gasteiger partial charge in [-0.2, -0.15) is 4.98 Å². The van der Waals surface area contributed by atoms with Crippen LogP contribution >= 0.6 is 0 Å². The molecule has 0 N–H and O–H groups in total. The summed E-state index contributed by atoms with van der Waals surface area (Å²) in [7, 11) is 0.